The van der Waals surface area contributed by atoms with Crippen molar-refractivity contribution < 1.29 is 14.3 Å². The molecule has 2 rings (SSSR count). The summed E-state index contributed by atoms with van der Waals surface area (Å²) in [4.78, 5) is 32.0. The van der Waals surface area contributed by atoms with E-state index in [1.54, 1.807) is 39.1 Å². The largest absolute Gasteiger partial charge is 0.444 e. The number of anilines is 2. The van der Waals surface area contributed by atoms with E-state index in [0.29, 0.717) is 24.3 Å². The Morgan fingerprint density at radius 1 is 1.08 bits per heavy atom. The van der Waals surface area contributed by atoms with Gasteiger partial charge in [0.25, 0.3) is 0 Å². The van der Waals surface area contributed by atoms with Gasteiger partial charge in [0.05, 0.1) is 11.9 Å². The molecule has 26 heavy (non-hydrogen) atoms. The van der Waals surface area contributed by atoms with E-state index >= 15 is 0 Å². The minimum atomic E-state index is -0.576. The van der Waals surface area contributed by atoms with Gasteiger partial charge < -0.3 is 10.1 Å². The molecular formula is C19H24N4O3. The minimum absolute atomic E-state index is 0.0874. The van der Waals surface area contributed by atoms with E-state index in [-0.39, 0.29) is 5.91 Å². The first-order chi connectivity index (χ1) is 12.3. The van der Waals surface area contributed by atoms with Crippen LogP contribution in [-0.2, 0) is 16.0 Å². The van der Waals surface area contributed by atoms with E-state index < -0.39 is 11.7 Å². The average Bonchev–Trinajstić information content (AvgIpc) is 2.56. The summed E-state index contributed by atoms with van der Waals surface area (Å²) in [6, 6.07) is 9.02. The van der Waals surface area contributed by atoms with E-state index in [9.17, 15) is 9.59 Å². The van der Waals surface area contributed by atoms with E-state index in [0.717, 1.165) is 12.1 Å². The zero-order valence-corrected chi connectivity index (χ0v) is 15.3. The van der Waals surface area contributed by atoms with Gasteiger partial charge in [0.15, 0.2) is 0 Å². The number of aromatic nitrogens is 2. The maximum Gasteiger partial charge on any atom is 0.413 e. The summed E-state index contributed by atoms with van der Waals surface area (Å²) >= 11 is 0. The zero-order chi connectivity index (χ0) is 19.0. The highest BCUT2D eigenvalue weighted by Gasteiger charge is 2.16. The Labute approximate surface area is 153 Å². The molecule has 0 spiro atoms. The van der Waals surface area contributed by atoms with Gasteiger partial charge in [-0.15, -0.1) is 0 Å². The SMILES string of the molecule is CC(C)(C)OC(=O)Nc1ccc(NC(=O)CCCc2ccccn2)cn1. The maximum atomic E-state index is 12.0. The summed E-state index contributed by atoms with van der Waals surface area (Å²) in [5, 5.41) is 5.32. The third-order valence-corrected chi connectivity index (χ3v) is 3.24. The van der Waals surface area contributed by atoms with E-state index in [1.165, 1.54) is 6.20 Å². The molecule has 2 N–H and O–H groups in total. The first-order valence-corrected chi connectivity index (χ1v) is 8.48. The van der Waals surface area contributed by atoms with Crippen LogP contribution in [0.5, 0.6) is 0 Å². The lowest BCUT2D eigenvalue weighted by molar-refractivity contribution is -0.116. The lowest BCUT2D eigenvalue weighted by Crippen LogP contribution is -2.27. The summed E-state index contributed by atoms with van der Waals surface area (Å²) in [5.74, 6) is 0.267. The van der Waals surface area contributed by atoms with Crippen LogP contribution in [0.25, 0.3) is 0 Å². The van der Waals surface area contributed by atoms with Crippen LogP contribution in [0.1, 0.15) is 39.3 Å². The molecular weight excluding hydrogens is 332 g/mol. The molecule has 0 aromatic carbocycles. The first kappa shape index (κ1) is 19.4. The highest BCUT2D eigenvalue weighted by atomic mass is 16.6. The number of carbonyl (C=O) groups is 2. The van der Waals surface area contributed by atoms with Crippen molar-refractivity contribution in [1.29, 1.82) is 0 Å². The summed E-state index contributed by atoms with van der Waals surface area (Å²) < 4.78 is 5.15. The van der Waals surface area contributed by atoms with Crippen LogP contribution in [-0.4, -0.2) is 27.6 Å². The summed E-state index contributed by atoms with van der Waals surface area (Å²) in [7, 11) is 0. The minimum Gasteiger partial charge on any atom is -0.444 e. The van der Waals surface area contributed by atoms with E-state index in [1.807, 2.05) is 18.2 Å². The summed E-state index contributed by atoms with van der Waals surface area (Å²) in [6.45, 7) is 5.35. The number of amides is 2. The van der Waals surface area contributed by atoms with Crippen molar-refractivity contribution in [3.8, 4) is 0 Å². The average molecular weight is 356 g/mol. The zero-order valence-electron chi connectivity index (χ0n) is 15.3. The van der Waals surface area contributed by atoms with Crippen molar-refractivity contribution in [2.24, 2.45) is 0 Å². The predicted molar refractivity (Wildman–Crippen MR) is 99.9 cm³/mol. The molecule has 0 aliphatic rings. The molecule has 0 bridgehead atoms. The standard InChI is InChI=1S/C19H24N4O3/c1-19(2,3)26-18(25)23-16-11-10-15(13-21-16)22-17(24)9-6-8-14-7-4-5-12-20-14/h4-5,7,10-13H,6,8-9H2,1-3H3,(H,22,24)(H,21,23,25). The second-order valence-corrected chi connectivity index (χ2v) is 6.78. The van der Waals surface area contributed by atoms with Gasteiger partial charge in [0.2, 0.25) is 5.91 Å². The number of aryl methyl sites for hydroxylation is 1. The number of hydrogen-bond acceptors (Lipinski definition) is 5. The second kappa shape index (κ2) is 8.94. The van der Waals surface area contributed by atoms with Gasteiger partial charge in [0, 0.05) is 18.3 Å². The van der Waals surface area contributed by atoms with Crippen molar-refractivity contribution in [1.82, 2.24) is 9.97 Å². The molecule has 7 nitrogen and oxygen atoms in total. The third kappa shape index (κ3) is 7.29. The van der Waals surface area contributed by atoms with Gasteiger partial charge in [-0.05, 0) is 57.9 Å². The van der Waals surface area contributed by atoms with E-state index in [4.69, 9.17) is 4.74 Å². The quantitative estimate of drug-likeness (QED) is 0.821. The molecule has 0 radical (unpaired) electrons. The van der Waals surface area contributed by atoms with Gasteiger partial charge in [-0.25, -0.2) is 9.78 Å². The molecule has 0 unspecified atom stereocenters. The number of hydrogen-bond donors (Lipinski definition) is 2. The van der Waals surface area contributed by atoms with Crippen molar-refractivity contribution in [2.45, 2.75) is 45.6 Å². The fourth-order valence-corrected chi connectivity index (χ4v) is 2.15. The van der Waals surface area contributed by atoms with Gasteiger partial charge >= 0.3 is 6.09 Å². The lowest BCUT2D eigenvalue weighted by Gasteiger charge is -2.19. The van der Waals surface area contributed by atoms with Crippen LogP contribution in [0.3, 0.4) is 0 Å². The molecule has 2 amide bonds. The second-order valence-electron chi connectivity index (χ2n) is 6.78. The van der Waals surface area contributed by atoms with Gasteiger partial charge in [-0.1, -0.05) is 6.07 Å². The molecule has 0 atom stereocenters. The number of ether oxygens (including phenoxy) is 1. The Hall–Kier alpha value is -2.96. The Bertz CT molecular complexity index is 725. The van der Waals surface area contributed by atoms with Crippen molar-refractivity contribution in [3.05, 3.63) is 48.4 Å². The molecule has 0 fully saturated rings. The summed E-state index contributed by atoms with van der Waals surface area (Å²) in [6.07, 6.45) is 4.53. The molecule has 0 aliphatic carbocycles. The molecule has 2 aromatic rings. The topological polar surface area (TPSA) is 93.2 Å². The summed E-state index contributed by atoms with van der Waals surface area (Å²) in [5.41, 5.74) is 0.967. The fourth-order valence-electron chi connectivity index (χ4n) is 2.15. The molecule has 0 saturated heterocycles. The monoisotopic (exact) mass is 356 g/mol. The number of pyridine rings is 2. The predicted octanol–water partition coefficient (Wildman–Crippen LogP) is 3.79. The highest BCUT2D eigenvalue weighted by molar-refractivity contribution is 5.90. The molecule has 2 aromatic heterocycles. The Kier molecular flexibility index (Phi) is 6.66. The van der Waals surface area contributed by atoms with Gasteiger partial charge in [-0.3, -0.25) is 15.1 Å². The molecule has 2 heterocycles. The Morgan fingerprint density at radius 3 is 2.50 bits per heavy atom. The maximum absolute atomic E-state index is 12.0. The van der Waals surface area contributed by atoms with Crippen LogP contribution >= 0.6 is 0 Å². The number of carbonyl (C=O) groups excluding carboxylic acids is 2. The van der Waals surface area contributed by atoms with Crippen LogP contribution in [0.4, 0.5) is 16.3 Å². The molecule has 7 heteroatoms. The van der Waals surface area contributed by atoms with Gasteiger partial charge in [0.1, 0.15) is 11.4 Å². The highest BCUT2D eigenvalue weighted by Crippen LogP contribution is 2.13. The third-order valence-electron chi connectivity index (χ3n) is 3.24. The normalized spacial score (nSPS) is 10.9. The first-order valence-electron chi connectivity index (χ1n) is 8.48. The molecule has 138 valence electrons. The van der Waals surface area contributed by atoms with Crippen LogP contribution in [0.2, 0.25) is 0 Å². The smallest absolute Gasteiger partial charge is 0.413 e. The van der Waals surface area contributed by atoms with Crippen LogP contribution < -0.4 is 10.6 Å². The number of nitrogens with one attached hydrogen (secondary N) is 2. The Balaban J connectivity index is 1.75. The van der Waals surface area contributed by atoms with Crippen molar-refractivity contribution in [2.75, 3.05) is 10.6 Å². The van der Waals surface area contributed by atoms with Crippen LogP contribution in [0.15, 0.2) is 42.7 Å². The van der Waals surface area contributed by atoms with Gasteiger partial charge in [-0.2, -0.15) is 0 Å². The lowest BCUT2D eigenvalue weighted by atomic mass is 10.1. The molecule has 0 aliphatic heterocycles. The van der Waals surface area contributed by atoms with Crippen molar-refractivity contribution >= 4 is 23.5 Å². The number of nitrogens with zero attached hydrogens (tertiary/aromatic N) is 2. The molecule has 0 saturated carbocycles. The Morgan fingerprint density at radius 2 is 1.88 bits per heavy atom. The van der Waals surface area contributed by atoms with Crippen LogP contribution in [0, 0.1) is 0 Å². The number of rotatable bonds is 6. The van der Waals surface area contributed by atoms with E-state index in [2.05, 4.69) is 20.6 Å². The van der Waals surface area contributed by atoms with Crippen molar-refractivity contribution in [3.63, 3.8) is 0 Å². The fraction of sp³-hybridized carbons (Fsp3) is 0.368.